The van der Waals surface area contributed by atoms with E-state index in [0.29, 0.717) is 37.3 Å². The normalized spacial score (nSPS) is 18.4. The maximum Gasteiger partial charge on any atom is 0.253 e. The van der Waals surface area contributed by atoms with E-state index in [-0.39, 0.29) is 17.7 Å². The average molecular weight is 275 g/mol. The molecule has 1 aromatic carbocycles. The Kier molecular flexibility index (Phi) is 4.74. The van der Waals surface area contributed by atoms with Crippen LogP contribution in [0.4, 0.5) is 5.69 Å². The van der Waals surface area contributed by atoms with Gasteiger partial charge in [-0.2, -0.15) is 0 Å². The van der Waals surface area contributed by atoms with E-state index in [1.54, 1.807) is 11.0 Å². The van der Waals surface area contributed by atoms with Crippen LogP contribution in [0.5, 0.6) is 0 Å². The Balaban J connectivity index is 2.24. The van der Waals surface area contributed by atoms with E-state index >= 15 is 0 Å². The molecule has 108 valence electrons. The number of hydrogen-bond donors (Lipinski definition) is 2. The third kappa shape index (κ3) is 2.99. The molecule has 1 unspecified atom stereocenters. The summed E-state index contributed by atoms with van der Waals surface area (Å²) in [5.41, 5.74) is 6.87. The van der Waals surface area contributed by atoms with Crippen molar-refractivity contribution in [3.05, 3.63) is 29.8 Å². The molecule has 0 aromatic heterocycles. The molecule has 0 radical (unpaired) electrons. The van der Waals surface area contributed by atoms with Crippen molar-refractivity contribution in [2.24, 2.45) is 11.7 Å². The van der Waals surface area contributed by atoms with E-state index in [1.165, 1.54) is 0 Å². The summed E-state index contributed by atoms with van der Waals surface area (Å²) in [7, 11) is 0. The molecule has 1 fully saturated rings. The number of nitrogens with two attached hydrogens (primary N) is 1. The number of hydrogen-bond acceptors (Lipinski definition) is 3. The van der Waals surface area contributed by atoms with E-state index in [1.807, 2.05) is 25.1 Å². The fourth-order valence-corrected chi connectivity index (χ4v) is 2.41. The zero-order chi connectivity index (χ0) is 14.5. The van der Waals surface area contributed by atoms with Gasteiger partial charge in [-0.1, -0.05) is 19.1 Å². The number of rotatable bonds is 5. The van der Waals surface area contributed by atoms with E-state index in [0.717, 1.165) is 6.42 Å². The van der Waals surface area contributed by atoms with Crippen molar-refractivity contribution in [2.75, 3.05) is 24.5 Å². The zero-order valence-electron chi connectivity index (χ0n) is 11.8. The predicted octanol–water partition coefficient (Wildman–Crippen LogP) is 1.14. The smallest absolute Gasteiger partial charge is 0.253 e. The summed E-state index contributed by atoms with van der Waals surface area (Å²) < 4.78 is 0. The number of nitrogens with zero attached hydrogens (tertiary/aromatic N) is 1. The lowest BCUT2D eigenvalue weighted by atomic mass is 10.1. The summed E-state index contributed by atoms with van der Waals surface area (Å²) in [6.07, 6.45) is 1.34. The molecule has 2 amide bonds. The number of anilines is 1. The van der Waals surface area contributed by atoms with Gasteiger partial charge in [-0.05, 0) is 31.0 Å². The summed E-state index contributed by atoms with van der Waals surface area (Å²) in [5.74, 6) is 0.0805. The first kappa shape index (κ1) is 14.5. The van der Waals surface area contributed by atoms with Crippen LogP contribution < -0.4 is 16.0 Å². The van der Waals surface area contributed by atoms with Crippen LogP contribution in [0.1, 0.15) is 30.1 Å². The highest BCUT2D eigenvalue weighted by Gasteiger charge is 2.31. The number of carbonyl (C=O) groups excluding carboxylic acids is 2. The standard InChI is InChI=1S/C15H21N3O2/c1-2-7-17-15(20)12-5-3-4-6-13(12)18-10-11(9-16)8-14(18)19/h3-6,11H,2,7-10,16H2,1H3,(H,17,20). The van der Waals surface area contributed by atoms with Crippen LogP contribution >= 0.6 is 0 Å². The molecular formula is C15H21N3O2. The van der Waals surface area contributed by atoms with Gasteiger partial charge in [0.15, 0.2) is 0 Å². The van der Waals surface area contributed by atoms with Crippen molar-refractivity contribution in [3.8, 4) is 0 Å². The maximum atomic E-state index is 12.2. The van der Waals surface area contributed by atoms with Crippen LogP contribution in [-0.2, 0) is 4.79 Å². The quantitative estimate of drug-likeness (QED) is 0.846. The Morgan fingerprint density at radius 3 is 2.85 bits per heavy atom. The number of nitrogens with one attached hydrogen (secondary N) is 1. The van der Waals surface area contributed by atoms with Gasteiger partial charge in [0.25, 0.3) is 5.91 Å². The lowest BCUT2D eigenvalue weighted by Crippen LogP contribution is -2.30. The van der Waals surface area contributed by atoms with Gasteiger partial charge >= 0.3 is 0 Å². The maximum absolute atomic E-state index is 12.2. The minimum atomic E-state index is -0.133. The molecular weight excluding hydrogens is 254 g/mol. The molecule has 0 spiro atoms. The Morgan fingerprint density at radius 1 is 1.45 bits per heavy atom. The van der Waals surface area contributed by atoms with Gasteiger partial charge in [0, 0.05) is 19.5 Å². The Bertz CT molecular complexity index is 502. The first-order valence-corrected chi connectivity index (χ1v) is 7.05. The third-order valence-electron chi connectivity index (χ3n) is 3.51. The summed E-state index contributed by atoms with van der Waals surface area (Å²) in [4.78, 5) is 25.9. The van der Waals surface area contributed by atoms with Crippen LogP contribution in [0.3, 0.4) is 0 Å². The second kappa shape index (κ2) is 6.52. The molecule has 1 aliphatic heterocycles. The molecule has 1 saturated heterocycles. The monoisotopic (exact) mass is 275 g/mol. The van der Waals surface area contributed by atoms with Gasteiger partial charge in [-0.3, -0.25) is 9.59 Å². The van der Waals surface area contributed by atoms with Gasteiger partial charge in [0.1, 0.15) is 0 Å². The van der Waals surface area contributed by atoms with Gasteiger partial charge in [0.05, 0.1) is 11.3 Å². The average Bonchev–Trinajstić information content (AvgIpc) is 2.85. The lowest BCUT2D eigenvalue weighted by molar-refractivity contribution is -0.117. The second-order valence-corrected chi connectivity index (χ2v) is 5.08. The predicted molar refractivity (Wildman–Crippen MR) is 78.6 cm³/mol. The van der Waals surface area contributed by atoms with Gasteiger partial charge in [0.2, 0.25) is 5.91 Å². The minimum absolute atomic E-state index is 0.0381. The molecule has 0 bridgehead atoms. The van der Waals surface area contributed by atoms with Crippen LogP contribution in [-0.4, -0.2) is 31.4 Å². The fourth-order valence-electron chi connectivity index (χ4n) is 2.41. The molecule has 5 nitrogen and oxygen atoms in total. The van der Waals surface area contributed by atoms with Crippen LogP contribution in [0.25, 0.3) is 0 Å². The first-order valence-electron chi connectivity index (χ1n) is 7.05. The highest BCUT2D eigenvalue weighted by atomic mass is 16.2. The largest absolute Gasteiger partial charge is 0.352 e. The summed E-state index contributed by atoms with van der Waals surface area (Å²) in [5, 5.41) is 2.85. The molecule has 5 heteroatoms. The number of carbonyl (C=O) groups is 2. The number of para-hydroxylation sites is 1. The van der Waals surface area contributed by atoms with Gasteiger partial charge < -0.3 is 16.0 Å². The van der Waals surface area contributed by atoms with Gasteiger partial charge in [-0.15, -0.1) is 0 Å². The molecule has 1 aromatic rings. The molecule has 1 heterocycles. The first-order chi connectivity index (χ1) is 9.67. The summed E-state index contributed by atoms with van der Waals surface area (Å²) >= 11 is 0. The van der Waals surface area contributed by atoms with Crippen molar-refractivity contribution in [1.29, 1.82) is 0 Å². The zero-order valence-corrected chi connectivity index (χ0v) is 11.8. The molecule has 0 aliphatic carbocycles. The van der Waals surface area contributed by atoms with Crippen molar-refractivity contribution in [2.45, 2.75) is 19.8 Å². The molecule has 2 rings (SSSR count). The van der Waals surface area contributed by atoms with Crippen LogP contribution in [0.2, 0.25) is 0 Å². The second-order valence-electron chi connectivity index (χ2n) is 5.08. The minimum Gasteiger partial charge on any atom is -0.352 e. The van der Waals surface area contributed by atoms with Crippen LogP contribution in [0.15, 0.2) is 24.3 Å². The fraction of sp³-hybridized carbons (Fsp3) is 0.467. The number of amides is 2. The number of benzene rings is 1. The highest BCUT2D eigenvalue weighted by Crippen LogP contribution is 2.27. The topological polar surface area (TPSA) is 75.4 Å². The van der Waals surface area contributed by atoms with E-state index in [9.17, 15) is 9.59 Å². The van der Waals surface area contributed by atoms with Crippen molar-refractivity contribution >= 4 is 17.5 Å². The lowest BCUT2D eigenvalue weighted by Gasteiger charge is -2.20. The molecule has 1 atom stereocenters. The molecule has 20 heavy (non-hydrogen) atoms. The Morgan fingerprint density at radius 2 is 2.20 bits per heavy atom. The van der Waals surface area contributed by atoms with Crippen molar-refractivity contribution in [1.82, 2.24) is 5.32 Å². The van der Waals surface area contributed by atoms with E-state index in [2.05, 4.69) is 5.32 Å². The summed E-state index contributed by atoms with van der Waals surface area (Å²) in [6, 6.07) is 7.22. The SMILES string of the molecule is CCCNC(=O)c1ccccc1N1CC(CN)CC1=O. The van der Waals surface area contributed by atoms with Crippen LogP contribution in [0, 0.1) is 5.92 Å². The van der Waals surface area contributed by atoms with Crippen molar-refractivity contribution in [3.63, 3.8) is 0 Å². The molecule has 1 aliphatic rings. The molecule has 3 N–H and O–H groups in total. The Hall–Kier alpha value is -1.88. The molecule has 0 saturated carbocycles. The Labute approximate surface area is 119 Å². The van der Waals surface area contributed by atoms with Crippen molar-refractivity contribution < 1.29 is 9.59 Å². The summed E-state index contributed by atoms with van der Waals surface area (Å²) in [6.45, 7) is 3.72. The van der Waals surface area contributed by atoms with E-state index in [4.69, 9.17) is 5.73 Å². The third-order valence-corrected chi connectivity index (χ3v) is 3.51. The van der Waals surface area contributed by atoms with E-state index < -0.39 is 0 Å². The van der Waals surface area contributed by atoms with Gasteiger partial charge in [-0.25, -0.2) is 0 Å². The highest BCUT2D eigenvalue weighted by molar-refractivity contribution is 6.05.